The molecule has 3 rings (SSSR count). The van der Waals surface area contributed by atoms with E-state index in [2.05, 4.69) is 25.6 Å². The lowest BCUT2D eigenvalue weighted by molar-refractivity contribution is 0.122. The van der Waals surface area contributed by atoms with Gasteiger partial charge in [0, 0.05) is 17.6 Å². The number of hydrogen-bond acceptors (Lipinski definition) is 4. The van der Waals surface area contributed by atoms with Gasteiger partial charge in [-0.15, -0.1) is 0 Å². The lowest BCUT2D eigenvalue weighted by atomic mass is 10.2. The maximum absolute atomic E-state index is 12.3. The Balaban J connectivity index is 1.80. The first kappa shape index (κ1) is 16.3. The Morgan fingerprint density at radius 3 is 2.39 bits per heavy atom. The molecule has 1 aliphatic rings. The molecule has 1 fully saturated rings. The third kappa shape index (κ3) is 3.85. The second-order valence-corrected chi connectivity index (χ2v) is 7.72. The Morgan fingerprint density at radius 1 is 1.04 bits per heavy atom. The molecule has 23 heavy (non-hydrogen) atoms. The zero-order valence-electron chi connectivity index (χ0n) is 12.4. The predicted octanol–water partition coefficient (Wildman–Crippen LogP) is 3.09. The lowest BCUT2D eigenvalue weighted by Crippen LogP contribution is -2.36. The van der Waals surface area contributed by atoms with Crippen LogP contribution in [0.3, 0.4) is 0 Å². The number of nitrogens with zero attached hydrogens (tertiary/aromatic N) is 1. The summed E-state index contributed by atoms with van der Waals surface area (Å²) < 4.78 is 33.5. The van der Waals surface area contributed by atoms with Crippen LogP contribution in [0.15, 0.2) is 57.9 Å². The molecule has 0 aliphatic carbocycles. The van der Waals surface area contributed by atoms with Crippen molar-refractivity contribution >= 4 is 37.3 Å². The molecule has 7 heteroatoms. The first-order valence-corrected chi connectivity index (χ1v) is 9.54. The number of halogens is 1. The smallest absolute Gasteiger partial charge is 0.261 e. The molecule has 5 nitrogen and oxygen atoms in total. The Kier molecular flexibility index (Phi) is 4.89. The number of nitrogens with one attached hydrogen (secondary N) is 1. The minimum Gasteiger partial charge on any atom is -0.378 e. The topological polar surface area (TPSA) is 58.6 Å². The van der Waals surface area contributed by atoms with Crippen molar-refractivity contribution in [2.45, 2.75) is 4.90 Å². The molecule has 0 atom stereocenters. The molecule has 0 spiro atoms. The summed E-state index contributed by atoms with van der Waals surface area (Å²) in [7, 11) is -3.57. The maximum Gasteiger partial charge on any atom is 0.261 e. The third-order valence-electron chi connectivity index (χ3n) is 3.61. The lowest BCUT2D eigenvalue weighted by Gasteiger charge is -2.29. The van der Waals surface area contributed by atoms with Gasteiger partial charge in [-0.2, -0.15) is 0 Å². The maximum atomic E-state index is 12.3. The summed E-state index contributed by atoms with van der Waals surface area (Å²) >= 11 is 3.53. The van der Waals surface area contributed by atoms with Gasteiger partial charge in [0.25, 0.3) is 10.0 Å². The van der Waals surface area contributed by atoms with Crippen LogP contribution in [0.25, 0.3) is 0 Å². The van der Waals surface area contributed by atoms with Crippen LogP contribution in [-0.2, 0) is 14.8 Å². The molecule has 1 heterocycles. The van der Waals surface area contributed by atoms with Gasteiger partial charge in [0.15, 0.2) is 0 Å². The summed E-state index contributed by atoms with van der Waals surface area (Å²) in [6, 6.07) is 13.8. The molecule has 122 valence electrons. The summed E-state index contributed by atoms with van der Waals surface area (Å²) in [6.45, 7) is 3.06. The highest BCUT2D eigenvalue weighted by atomic mass is 79.9. The molecule has 0 amide bonds. The minimum atomic E-state index is -3.57. The number of anilines is 2. The van der Waals surface area contributed by atoms with Crippen molar-refractivity contribution in [2.75, 3.05) is 35.9 Å². The van der Waals surface area contributed by atoms with E-state index in [-0.39, 0.29) is 4.90 Å². The van der Waals surface area contributed by atoms with E-state index < -0.39 is 10.0 Å². The van der Waals surface area contributed by atoms with Crippen LogP contribution in [0.4, 0.5) is 11.4 Å². The fraction of sp³-hybridized carbons (Fsp3) is 0.250. The quantitative estimate of drug-likeness (QED) is 0.862. The number of rotatable bonds is 4. The fourth-order valence-corrected chi connectivity index (χ4v) is 4.14. The van der Waals surface area contributed by atoms with E-state index in [1.54, 1.807) is 42.5 Å². The first-order valence-electron chi connectivity index (χ1n) is 7.26. The van der Waals surface area contributed by atoms with E-state index in [9.17, 15) is 8.42 Å². The predicted molar refractivity (Wildman–Crippen MR) is 94.4 cm³/mol. The summed E-state index contributed by atoms with van der Waals surface area (Å²) in [6.07, 6.45) is 0. The summed E-state index contributed by atoms with van der Waals surface area (Å²) in [5, 5.41) is 0. The van der Waals surface area contributed by atoms with Gasteiger partial charge >= 0.3 is 0 Å². The van der Waals surface area contributed by atoms with Crippen LogP contribution < -0.4 is 9.62 Å². The molecule has 0 radical (unpaired) electrons. The molecule has 2 aromatic rings. The highest BCUT2D eigenvalue weighted by Crippen LogP contribution is 2.30. The van der Waals surface area contributed by atoms with Crippen molar-refractivity contribution in [3.63, 3.8) is 0 Å². The fourth-order valence-electron chi connectivity index (χ4n) is 2.44. The van der Waals surface area contributed by atoms with E-state index in [1.807, 2.05) is 6.07 Å². The van der Waals surface area contributed by atoms with Crippen LogP contribution in [0.2, 0.25) is 0 Å². The highest BCUT2D eigenvalue weighted by Gasteiger charge is 2.17. The Bertz CT molecular complexity index is 775. The van der Waals surface area contributed by atoms with Gasteiger partial charge in [0.2, 0.25) is 0 Å². The van der Waals surface area contributed by atoms with Crippen molar-refractivity contribution < 1.29 is 13.2 Å². The van der Waals surface area contributed by atoms with Crippen LogP contribution in [0.1, 0.15) is 0 Å². The largest absolute Gasteiger partial charge is 0.378 e. The molecule has 0 aromatic heterocycles. The third-order valence-corrected chi connectivity index (χ3v) is 5.64. The highest BCUT2D eigenvalue weighted by molar-refractivity contribution is 9.10. The van der Waals surface area contributed by atoms with Crippen LogP contribution in [-0.4, -0.2) is 34.7 Å². The zero-order valence-corrected chi connectivity index (χ0v) is 14.8. The van der Waals surface area contributed by atoms with Gasteiger partial charge in [-0.25, -0.2) is 8.42 Å². The minimum absolute atomic E-state index is 0.244. The molecule has 1 aliphatic heterocycles. The molecule has 1 N–H and O–H groups in total. The number of hydrogen-bond donors (Lipinski definition) is 1. The zero-order chi connectivity index (χ0) is 16.3. The Labute approximate surface area is 144 Å². The second-order valence-electron chi connectivity index (χ2n) is 5.18. The molecular weight excluding hydrogens is 380 g/mol. The van der Waals surface area contributed by atoms with Crippen molar-refractivity contribution in [2.24, 2.45) is 0 Å². The van der Waals surface area contributed by atoms with Gasteiger partial charge in [-0.3, -0.25) is 4.72 Å². The van der Waals surface area contributed by atoms with E-state index in [0.717, 1.165) is 23.2 Å². The average molecular weight is 397 g/mol. The van der Waals surface area contributed by atoms with E-state index in [4.69, 9.17) is 4.74 Å². The molecule has 2 aromatic carbocycles. The van der Waals surface area contributed by atoms with E-state index in [1.165, 1.54) is 0 Å². The molecular formula is C16H17BrN2O3S. The standard InChI is InChI=1S/C16H17BrN2O3S/c17-15-12-13(6-7-16(15)19-8-10-22-11-9-19)18-23(20,21)14-4-2-1-3-5-14/h1-7,12,18H,8-11H2. The van der Waals surface area contributed by atoms with Crippen LogP contribution >= 0.6 is 15.9 Å². The SMILES string of the molecule is O=S(=O)(Nc1ccc(N2CCOCC2)c(Br)c1)c1ccccc1. The Hall–Kier alpha value is -1.57. The van der Waals surface area contributed by atoms with Crippen molar-refractivity contribution in [3.8, 4) is 0 Å². The van der Waals surface area contributed by atoms with Crippen LogP contribution in [0, 0.1) is 0 Å². The molecule has 0 unspecified atom stereocenters. The van der Waals surface area contributed by atoms with E-state index >= 15 is 0 Å². The Morgan fingerprint density at radius 2 is 1.74 bits per heavy atom. The number of ether oxygens (including phenoxy) is 1. The van der Waals surface area contributed by atoms with Gasteiger partial charge in [0.05, 0.1) is 29.5 Å². The van der Waals surface area contributed by atoms with Gasteiger partial charge in [-0.1, -0.05) is 18.2 Å². The average Bonchev–Trinajstić information content (AvgIpc) is 2.56. The number of sulfonamides is 1. The number of benzene rings is 2. The monoisotopic (exact) mass is 396 g/mol. The second kappa shape index (κ2) is 6.90. The molecule has 1 saturated heterocycles. The van der Waals surface area contributed by atoms with Gasteiger partial charge < -0.3 is 9.64 Å². The summed E-state index contributed by atoms with van der Waals surface area (Å²) in [5.41, 5.74) is 1.56. The van der Waals surface area contributed by atoms with Gasteiger partial charge in [-0.05, 0) is 46.3 Å². The van der Waals surface area contributed by atoms with Crippen molar-refractivity contribution in [1.82, 2.24) is 0 Å². The number of morpholine rings is 1. The van der Waals surface area contributed by atoms with Gasteiger partial charge in [0.1, 0.15) is 0 Å². The van der Waals surface area contributed by atoms with Crippen LogP contribution in [0.5, 0.6) is 0 Å². The van der Waals surface area contributed by atoms with Crippen molar-refractivity contribution in [3.05, 3.63) is 53.0 Å². The molecule has 0 saturated carbocycles. The summed E-state index contributed by atoms with van der Waals surface area (Å²) in [4.78, 5) is 2.46. The van der Waals surface area contributed by atoms with E-state index in [0.29, 0.717) is 18.9 Å². The first-order chi connectivity index (χ1) is 11.1. The summed E-state index contributed by atoms with van der Waals surface area (Å²) in [5.74, 6) is 0. The van der Waals surface area contributed by atoms with Crippen molar-refractivity contribution in [1.29, 1.82) is 0 Å². The molecule has 0 bridgehead atoms. The normalized spacial score (nSPS) is 15.4.